The smallest absolute Gasteiger partial charge is 0.319 e. The molecule has 0 spiro atoms. The van der Waals surface area contributed by atoms with Crippen LogP contribution in [0.15, 0.2) is 67.3 Å². The van der Waals surface area contributed by atoms with Crippen molar-refractivity contribution in [3.8, 4) is 0 Å². The lowest BCUT2D eigenvalue weighted by molar-refractivity contribution is -0.117. The van der Waals surface area contributed by atoms with Crippen LogP contribution in [-0.4, -0.2) is 21.5 Å². The zero-order valence-electron chi connectivity index (χ0n) is 17.1. The minimum absolute atomic E-state index is 0.0694. The predicted octanol–water partition coefficient (Wildman–Crippen LogP) is 4.28. The summed E-state index contributed by atoms with van der Waals surface area (Å²) in [6.07, 6.45) is 9.34. The Hall–Kier alpha value is -3.61. The van der Waals surface area contributed by atoms with Gasteiger partial charge in [-0.15, -0.1) is 0 Å². The van der Waals surface area contributed by atoms with Crippen LogP contribution in [0.5, 0.6) is 0 Å². The summed E-state index contributed by atoms with van der Waals surface area (Å²) in [5.74, 6) is 0.227. The van der Waals surface area contributed by atoms with Crippen LogP contribution in [0.4, 0.5) is 16.2 Å². The molecule has 0 saturated heterocycles. The van der Waals surface area contributed by atoms with E-state index in [9.17, 15) is 9.59 Å². The number of imidazole rings is 1. The van der Waals surface area contributed by atoms with Gasteiger partial charge >= 0.3 is 6.03 Å². The van der Waals surface area contributed by atoms with E-state index < -0.39 is 0 Å². The van der Waals surface area contributed by atoms with Crippen LogP contribution in [-0.2, 0) is 11.2 Å². The number of hydrogen-bond acceptors (Lipinski definition) is 3. The summed E-state index contributed by atoms with van der Waals surface area (Å²) >= 11 is 0. The van der Waals surface area contributed by atoms with Crippen molar-refractivity contribution in [2.24, 2.45) is 5.92 Å². The van der Waals surface area contributed by atoms with Gasteiger partial charge in [0.15, 0.2) is 0 Å². The summed E-state index contributed by atoms with van der Waals surface area (Å²) in [5, 5.41) is 8.98. The molecule has 3 amide bonds. The first-order valence-corrected chi connectivity index (χ1v) is 10.7. The Morgan fingerprint density at radius 1 is 0.935 bits per heavy atom. The first kappa shape index (κ1) is 19.4. The van der Waals surface area contributed by atoms with Gasteiger partial charge in [0, 0.05) is 29.7 Å². The number of fused-ring (bicyclic) bond motifs is 1. The topological polar surface area (TPSA) is 88.0 Å². The quantitative estimate of drug-likeness (QED) is 0.581. The monoisotopic (exact) mass is 415 g/mol. The molecule has 7 nitrogen and oxygen atoms in total. The molecule has 2 aliphatic rings. The van der Waals surface area contributed by atoms with Gasteiger partial charge in [-0.1, -0.05) is 24.3 Å². The molecule has 1 heterocycles. The maximum absolute atomic E-state index is 12.8. The summed E-state index contributed by atoms with van der Waals surface area (Å²) in [4.78, 5) is 28.9. The fourth-order valence-electron chi connectivity index (χ4n) is 4.24. The van der Waals surface area contributed by atoms with Gasteiger partial charge in [-0.2, -0.15) is 0 Å². The van der Waals surface area contributed by atoms with Gasteiger partial charge in [-0.25, -0.2) is 9.78 Å². The van der Waals surface area contributed by atoms with Crippen molar-refractivity contribution in [2.75, 3.05) is 10.6 Å². The number of rotatable bonds is 5. The number of aromatic nitrogens is 2. The van der Waals surface area contributed by atoms with Gasteiger partial charge in [0.1, 0.15) is 0 Å². The van der Waals surface area contributed by atoms with Crippen molar-refractivity contribution in [3.63, 3.8) is 0 Å². The molecule has 1 saturated carbocycles. The maximum Gasteiger partial charge on any atom is 0.319 e. The number of hydrogen-bond donors (Lipinski definition) is 3. The van der Waals surface area contributed by atoms with E-state index in [1.165, 1.54) is 5.56 Å². The Kier molecular flexibility index (Phi) is 5.16. The number of carbonyl (C=O) groups excluding carboxylic acids is 2. The van der Waals surface area contributed by atoms with Gasteiger partial charge in [-0.05, 0) is 61.1 Å². The van der Waals surface area contributed by atoms with Gasteiger partial charge < -0.3 is 20.5 Å². The lowest BCUT2D eigenvalue weighted by Crippen LogP contribution is -2.39. The van der Waals surface area contributed by atoms with Crippen LogP contribution in [0.2, 0.25) is 0 Å². The highest BCUT2D eigenvalue weighted by atomic mass is 16.2. The average molecular weight is 415 g/mol. The van der Waals surface area contributed by atoms with Crippen molar-refractivity contribution in [3.05, 3.63) is 78.4 Å². The second-order valence-corrected chi connectivity index (χ2v) is 8.23. The number of urea groups is 1. The second-order valence-electron chi connectivity index (χ2n) is 8.23. The van der Waals surface area contributed by atoms with Crippen LogP contribution < -0.4 is 16.0 Å². The Balaban J connectivity index is 1.28. The summed E-state index contributed by atoms with van der Waals surface area (Å²) in [7, 11) is 0. The number of anilines is 2. The minimum atomic E-state index is -0.262. The van der Waals surface area contributed by atoms with E-state index in [-0.39, 0.29) is 29.9 Å². The largest absolute Gasteiger partial charge is 0.332 e. The number of benzene rings is 2. The van der Waals surface area contributed by atoms with Crippen molar-refractivity contribution in [1.82, 2.24) is 14.9 Å². The van der Waals surface area contributed by atoms with Crippen LogP contribution in [0.25, 0.3) is 0 Å². The maximum atomic E-state index is 12.8. The van der Waals surface area contributed by atoms with Crippen molar-refractivity contribution < 1.29 is 9.59 Å². The Morgan fingerprint density at radius 3 is 2.39 bits per heavy atom. The third-order valence-corrected chi connectivity index (χ3v) is 6.04. The van der Waals surface area contributed by atoms with Crippen molar-refractivity contribution >= 4 is 23.3 Å². The zero-order chi connectivity index (χ0) is 21.2. The lowest BCUT2D eigenvalue weighted by atomic mass is 9.84. The molecule has 3 N–H and O–H groups in total. The Morgan fingerprint density at radius 2 is 1.68 bits per heavy atom. The van der Waals surface area contributed by atoms with Gasteiger partial charge in [-0.3, -0.25) is 4.79 Å². The van der Waals surface area contributed by atoms with Gasteiger partial charge in [0.2, 0.25) is 5.91 Å². The van der Waals surface area contributed by atoms with Crippen molar-refractivity contribution in [2.45, 2.75) is 37.8 Å². The molecule has 0 radical (unpaired) electrons. The van der Waals surface area contributed by atoms with Crippen LogP contribution >= 0.6 is 0 Å². The van der Waals surface area contributed by atoms with Crippen molar-refractivity contribution in [1.29, 1.82) is 0 Å². The summed E-state index contributed by atoms with van der Waals surface area (Å²) in [6.45, 7) is 0. The highest BCUT2D eigenvalue weighted by Gasteiger charge is 2.32. The average Bonchev–Trinajstić information content (AvgIpc) is 3.50. The molecule has 0 unspecified atom stereocenters. The highest BCUT2D eigenvalue weighted by molar-refractivity contribution is 5.94. The molecule has 31 heavy (non-hydrogen) atoms. The third-order valence-electron chi connectivity index (χ3n) is 6.04. The molecule has 1 aromatic heterocycles. The fourth-order valence-corrected chi connectivity index (χ4v) is 4.24. The van der Waals surface area contributed by atoms with E-state index >= 15 is 0 Å². The van der Waals surface area contributed by atoms with E-state index in [0.29, 0.717) is 5.69 Å². The molecule has 0 bridgehead atoms. The number of nitrogens with zero attached hydrogens (tertiary/aromatic N) is 2. The molecule has 158 valence electrons. The minimum Gasteiger partial charge on any atom is -0.332 e. The lowest BCUT2D eigenvalue weighted by Gasteiger charge is -2.35. The molecule has 5 rings (SSSR count). The van der Waals surface area contributed by atoms with Gasteiger partial charge in [0.25, 0.3) is 0 Å². The van der Waals surface area contributed by atoms with E-state index in [4.69, 9.17) is 0 Å². The van der Waals surface area contributed by atoms with E-state index in [0.717, 1.165) is 36.9 Å². The van der Waals surface area contributed by atoms with E-state index in [2.05, 4.69) is 37.6 Å². The third kappa shape index (κ3) is 4.30. The first-order valence-electron chi connectivity index (χ1n) is 10.7. The zero-order valence-corrected chi connectivity index (χ0v) is 17.1. The Labute approximate surface area is 180 Å². The normalized spacial score (nSPS) is 19.9. The second kappa shape index (κ2) is 8.26. The molecule has 0 aliphatic heterocycles. The standard InChI is InChI=1S/C24H25N5O2/c30-23(17-5-6-17)26-18-8-10-19(11-9-18)27-24(31)28-22-20-4-2-1-3-16(20)7-12-21(22)29-14-13-25-15-29/h1-4,8-11,13-15,17,21-22H,5-7,12H2,(H,26,30)(H2,27,28,31)/t21-,22+/m1/s1. The molecule has 2 atom stereocenters. The molecular weight excluding hydrogens is 390 g/mol. The Bertz CT molecular complexity index is 1070. The first-order chi connectivity index (χ1) is 15.2. The van der Waals surface area contributed by atoms with Crippen LogP contribution in [0.1, 0.15) is 42.5 Å². The number of aryl methyl sites for hydroxylation is 1. The fraction of sp³-hybridized carbons (Fsp3) is 0.292. The number of nitrogens with one attached hydrogen (secondary N) is 3. The molecule has 7 heteroatoms. The molecule has 2 aromatic carbocycles. The molecule has 2 aliphatic carbocycles. The van der Waals surface area contributed by atoms with E-state index in [1.54, 1.807) is 36.8 Å². The molecule has 1 fully saturated rings. The highest BCUT2D eigenvalue weighted by Crippen LogP contribution is 2.37. The number of carbonyl (C=O) groups is 2. The summed E-state index contributed by atoms with van der Waals surface area (Å²) in [5.41, 5.74) is 3.81. The predicted molar refractivity (Wildman–Crippen MR) is 119 cm³/mol. The van der Waals surface area contributed by atoms with Crippen LogP contribution in [0.3, 0.4) is 0 Å². The number of amides is 3. The van der Waals surface area contributed by atoms with E-state index in [1.807, 2.05) is 18.3 Å². The summed E-state index contributed by atoms with van der Waals surface area (Å²) in [6, 6.07) is 15.1. The van der Waals surface area contributed by atoms with Gasteiger partial charge in [0.05, 0.1) is 18.4 Å². The summed E-state index contributed by atoms with van der Waals surface area (Å²) < 4.78 is 2.07. The SMILES string of the molecule is O=C(Nc1ccc(NC(=O)C2CC2)cc1)N[C@H]1c2ccccc2CC[C@H]1n1ccnc1. The molecular formula is C24H25N5O2. The van der Waals surface area contributed by atoms with Crippen LogP contribution in [0, 0.1) is 5.92 Å². The molecule has 3 aromatic rings.